The van der Waals surface area contributed by atoms with Crippen molar-refractivity contribution in [1.29, 1.82) is 0 Å². The van der Waals surface area contributed by atoms with Gasteiger partial charge < -0.3 is 19.9 Å². The number of likely N-dealkylation sites (N-methyl/N-ethyl adjacent to an activating group) is 1. The number of hydrogen-bond donors (Lipinski definition) is 1. The van der Waals surface area contributed by atoms with Crippen molar-refractivity contribution in [3.63, 3.8) is 0 Å². The highest BCUT2D eigenvalue weighted by Crippen LogP contribution is 2.39. The fraction of sp³-hybridized carbons (Fsp3) is 0.435. The highest BCUT2D eigenvalue weighted by molar-refractivity contribution is 6.05. The van der Waals surface area contributed by atoms with Crippen LogP contribution in [0.5, 0.6) is 0 Å². The summed E-state index contributed by atoms with van der Waals surface area (Å²) in [5.41, 5.74) is 1.76. The van der Waals surface area contributed by atoms with Crippen molar-refractivity contribution in [2.45, 2.75) is 38.1 Å². The van der Waals surface area contributed by atoms with Crippen LogP contribution in [0.1, 0.15) is 33.0 Å². The van der Waals surface area contributed by atoms with Crippen LogP contribution in [0, 0.1) is 0 Å². The van der Waals surface area contributed by atoms with Gasteiger partial charge in [-0.1, -0.05) is 6.07 Å². The van der Waals surface area contributed by atoms with Crippen LogP contribution >= 0.6 is 0 Å². The Balaban J connectivity index is 1.29. The largest absolute Gasteiger partial charge is 0.433 e. The van der Waals surface area contributed by atoms with Gasteiger partial charge in [0.15, 0.2) is 5.82 Å². The summed E-state index contributed by atoms with van der Waals surface area (Å²) >= 11 is 0. The summed E-state index contributed by atoms with van der Waals surface area (Å²) in [5, 5.41) is 7.43. The molecule has 5 heterocycles. The Labute approximate surface area is 209 Å². The zero-order valence-electron chi connectivity index (χ0n) is 22.3. The van der Waals surface area contributed by atoms with E-state index in [9.17, 15) is 18.0 Å². The van der Waals surface area contributed by atoms with E-state index in [-0.39, 0.29) is 19.1 Å². The lowest BCUT2D eigenvalue weighted by Crippen LogP contribution is -2.56. The van der Waals surface area contributed by atoms with E-state index in [2.05, 4.69) is 25.4 Å². The minimum atomic E-state index is -4.49. The number of methoxy groups -OCH3 is 1. The molecule has 0 unspecified atom stereocenters. The van der Waals surface area contributed by atoms with Gasteiger partial charge in [-0.3, -0.25) is 14.5 Å². The first-order valence-electron chi connectivity index (χ1n) is 12.8. The number of ether oxygens (including phenoxy) is 1. The number of halogens is 3. The van der Waals surface area contributed by atoms with E-state index in [4.69, 9.17) is 8.85 Å². The van der Waals surface area contributed by atoms with Gasteiger partial charge in [-0.15, -0.1) is 0 Å². The lowest BCUT2D eigenvalue weighted by Gasteiger charge is -2.42. The number of aryl methyl sites for hydroxylation is 1. The normalized spacial score (nSPS) is 18.9. The molecule has 0 aliphatic carbocycles. The lowest BCUT2D eigenvalue weighted by molar-refractivity contribution is -0.141. The van der Waals surface area contributed by atoms with Crippen LogP contribution in [0.25, 0.3) is 0 Å². The maximum absolute atomic E-state index is 13.1. The molecule has 3 aromatic rings. The summed E-state index contributed by atoms with van der Waals surface area (Å²) in [4.78, 5) is 29.0. The number of anilines is 3. The third kappa shape index (κ3) is 4.57. The second-order valence-electron chi connectivity index (χ2n) is 8.65. The van der Waals surface area contributed by atoms with E-state index in [1.165, 1.54) is 12.3 Å². The maximum atomic E-state index is 13.1. The highest BCUT2D eigenvalue weighted by atomic mass is 19.4. The van der Waals surface area contributed by atoms with E-state index < -0.39 is 25.0 Å². The molecule has 2 aliphatic rings. The van der Waals surface area contributed by atoms with Crippen LogP contribution in [0.2, 0.25) is 0 Å². The van der Waals surface area contributed by atoms with Crippen LogP contribution in [-0.4, -0.2) is 63.9 Å². The standard InChI is InChI=1S/C23H25F3N8O2/c1-32-17(13-36-2)21(35)34-7-3-4-16-19(34)20(32)31-22(30-16)28-9-15-10-29-33(12-15)11-14-5-6-18(27-8-14)23(24,25)26/h5-6,8,10,12,17H,3-4,7,9,11,13H2,1-2H3,(H,28,30,31)/t17-/m0/s1/i2D3. The van der Waals surface area contributed by atoms with E-state index >= 15 is 0 Å². The van der Waals surface area contributed by atoms with Gasteiger partial charge in [0, 0.05) is 45.1 Å². The Morgan fingerprint density at radius 3 is 2.86 bits per heavy atom. The summed E-state index contributed by atoms with van der Waals surface area (Å²) in [5.74, 6) is 0.587. The molecule has 1 N–H and O–H groups in total. The number of alkyl halides is 3. The number of pyridine rings is 1. The van der Waals surface area contributed by atoms with Crippen molar-refractivity contribution < 1.29 is 26.8 Å². The van der Waals surface area contributed by atoms with Crippen molar-refractivity contribution in [2.24, 2.45) is 0 Å². The number of rotatable bonds is 7. The van der Waals surface area contributed by atoms with Crippen LogP contribution in [0.3, 0.4) is 0 Å². The van der Waals surface area contributed by atoms with Gasteiger partial charge in [-0.05, 0) is 24.5 Å². The van der Waals surface area contributed by atoms with Gasteiger partial charge in [0.25, 0.3) is 5.91 Å². The van der Waals surface area contributed by atoms with E-state index in [1.807, 2.05) is 0 Å². The fourth-order valence-electron chi connectivity index (χ4n) is 4.39. The summed E-state index contributed by atoms with van der Waals surface area (Å²) in [6.07, 6.45) is 1.43. The van der Waals surface area contributed by atoms with Crippen molar-refractivity contribution in [3.05, 3.63) is 53.2 Å². The van der Waals surface area contributed by atoms with Gasteiger partial charge in [0.1, 0.15) is 17.4 Å². The maximum Gasteiger partial charge on any atom is 0.433 e. The molecule has 10 nitrogen and oxygen atoms in total. The predicted octanol–water partition coefficient (Wildman–Crippen LogP) is 2.49. The molecule has 5 rings (SSSR count). The Hall–Kier alpha value is -3.74. The van der Waals surface area contributed by atoms with Gasteiger partial charge in [-0.2, -0.15) is 23.3 Å². The summed E-state index contributed by atoms with van der Waals surface area (Å²) in [6.45, 7) is 0.749. The quantitative estimate of drug-likeness (QED) is 0.523. The third-order valence-electron chi connectivity index (χ3n) is 6.19. The van der Waals surface area contributed by atoms with Crippen LogP contribution in [0.4, 0.5) is 30.6 Å². The van der Waals surface area contributed by atoms with Crippen molar-refractivity contribution in [3.8, 4) is 0 Å². The van der Waals surface area contributed by atoms with E-state index in [0.717, 1.165) is 17.3 Å². The van der Waals surface area contributed by atoms with E-state index in [1.54, 1.807) is 33.9 Å². The van der Waals surface area contributed by atoms with Crippen LogP contribution < -0.4 is 15.1 Å². The Kier molecular flexibility index (Phi) is 5.33. The van der Waals surface area contributed by atoms with Gasteiger partial charge >= 0.3 is 6.18 Å². The molecule has 0 radical (unpaired) electrons. The molecule has 0 bridgehead atoms. The molecule has 2 aliphatic heterocycles. The van der Waals surface area contributed by atoms with Crippen molar-refractivity contribution >= 4 is 23.4 Å². The lowest BCUT2D eigenvalue weighted by atomic mass is 10.0. The number of carbonyl (C=O) groups is 1. The minimum absolute atomic E-state index is 0.249. The summed E-state index contributed by atoms with van der Waals surface area (Å²) < 4.78 is 66.7. The van der Waals surface area contributed by atoms with E-state index in [0.29, 0.717) is 48.9 Å². The number of hydrogen-bond acceptors (Lipinski definition) is 8. The Morgan fingerprint density at radius 2 is 2.11 bits per heavy atom. The smallest absolute Gasteiger partial charge is 0.382 e. The number of aromatic nitrogens is 5. The zero-order chi connectivity index (χ0) is 27.9. The molecular weight excluding hydrogens is 477 g/mol. The predicted molar refractivity (Wildman–Crippen MR) is 125 cm³/mol. The average Bonchev–Trinajstić information content (AvgIpc) is 3.32. The number of nitrogens with one attached hydrogen (secondary N) is 1. The SMILES string of the molecule is [2H]C([2H])([2H])OC[C@H]1C(=O)N2CCCc3nc(NCc4cnn(Cc5ccc(C(F)(F)F)nc5)c4)nc(c32)N1C. The monoisotopic (exact) mass is 505 g/mol. The minimum Gasteiger partial charge on any atom is -0.382 e. The molecule has 3 aromatic heterocycles. The fourth-order valence-corrected chi connectivity index (χ4v) is 4.39. The molecule has 36 heavy (non-hydrogen) atoms. The second-order valence-corrected chi connectivity index (χ2v) is 8.65. The van der Waals surface area contributed by atoms with Crippen LogP contribution in [0.15, 0.2) is 30.7 Å². The van der Waals surface area contributed by atoms with Crippen molar-refractivity contribution in [1.82, 2.24) is 24.7 Å². The molecule has 1 atom stereocenters. The molecule has 13 heteroatoms. The molecule has 190 valence electrons. The van der Waals surface area contributed by atoms with Crippen LogP contribution in [-0.2, 0) is 35.2 Å². The molecule has 0 saturated heterocycles. The molecule has 0 saturated carbocycles. The number of carbonyl (C=O) groups excluding carboxylic acids is 1. The first-order valence-corrected chi connectivity index (χ1v) is 11.3. The Morgan fingerprint density at radius 1 is 1.25 bits per heavy atom. The van der Waals surface area contributed by atoms with Gasteiger partial charge in [-0.25, -0.2) is 4.98 Å². The van der Waals surface area contributed by atoms with Crippen molar-refractivity contribution in [2.75, 3.05) is 42.4 Å². The van der Waals surface area contributed by atoms with Gasteiger partial charge in [0.2, 0.25) is 5.95 Å². The first-order chi connectivity index (χ1) is 18.4. The molecule has 0 aromatic carbocycles. The summed E-state index contributed by atoms with van der Waals surface area (Å²) in [6, 6.07) is 1.46. The van der Waals surface area contributed by atoms with Gasteiger partial charge in [0.05, 0.1) is 29.2 Å². The molecular formula is C23H25F3N8O2. The zero-order valence-corrected chi connectivity index (χ0v) is 19.3. The molecule has 0 fully saturated rings. The Bertz CT molecular complexity index is 1360. The first kappa shape index (κ1) is 20.5. The topological polar surface area (TPSA) is 101 Å². The summed E-state index contributed by atoms with van der Waals surface area (Å²) in [7, 11) is -0.954. The second kappa shape index (κ2) is 9.37. The number of nitrogens with zero attached hydrogens (tertiary/aromatic N) is 7. The number of amides is 1. The molecule has 1 amide bonds. The molecule has 0 spiro atoms. The highest BCUT2D eigenvalue weighted by Gasteiger charge is 2.41. The third-order valence-corrected chi connectivity index (χ3v) is 6.19. The average molecular weight is 506 g/mol.